The number of phenols is 1. The standard InChI is InChI=1S/C31H37NO2/c1-23(2)32-20-18-25(19-21-32)24-10-12-27(13-11-24)31(28-14-16-29(34)17-15-28)30(9-6-22-33)26-7-4-3-5-8-26/h3-5,7-8,10,12-17,24-25,33-34H,1,6,9,11,18-22H2,2H3/b31-30+. The molecule has 1 fully saturated rings. The van der Waals surface area contributed by atoms with E-state index in [9.17, 15) is 10.2 Å². The molecule has 1 unspecified atom stereocenters. The summed E-state index contributed by atoms with van der Waals surface area (Å²) in [5, 5.41) is 19.5. The van der Waals surface area contributed by atoms with Crippen molar-refractivity contribution < 1.29 is 10.2 Å². The van der Waals surface area contributed by atoms with Gasteiger partial charge in [-0.2, -0.15) is 0 Å². The molecule has 1 heterocycles. The fraction of sp³-hybridized carbons (Fsp3) is 0.355. The van der Waals surface area contributed by atoms with Gasteiger partial charge in [0, 0.05) is 25.4 Å². The summed E-state index contributed by atoms with van der Waals surface area (Å²) < 4.78 is 0. The molecule has 0 saturated carbocycles. The van der Waals surface area contributed by atoms with Gasteiger partial charge in [0.2, 0.25) is 0 Å². The third kappa shape index (κ3) is 5.71. The van der Waals surface area contributed by atoms with Gasteiger partial charge in [-0.1, -0.05) is 67.3 Å². The highest BCUT2D eigenvalue weighted by Gasteiger charge is 2.26. The predicted molar refractivity (Wildman–Crippen MR) is 142 cm³/mol. The van der Waals surface area contributed by atoms with E-state index in [1.165, 1.54) is 40.8 Å². The van der Waals surface area contributed by atoms with Crippen molar-refractivity contribution in [2.45, 2.75) is 39.0 Å². The summed E-state index contributed by atoms with van der Waals surface area (Å²) in [4.78, 5) is 2.41. The molecule has 0 amide bonds. The summed E-state index contributed by atoms with van der Waals surface area (Å²) in [6.07, 6.45) is 12.1. The van der Waals surface area contributed by atoms with Gasteiger partial charge in [0.15, 0.2) is 0 Å². The second kappa shape index (κ2) is 11.4. The van der Waals surface area contributed by atoms with Gasteiger partial charge < -0.3 is 15.1 Å². The first-order valence-electron chi connectivity index (χ1n) is 12.5. The summed E-state index contributed by atoms with van der Waals surface area (Å²) in [6.45, 7) is 8.60. The summed E-state index contributed by atoms with van der Waals surface area (Å²) in [6, 6.07) is 18.0. The molecule has 3 heteroatoms. The Morgan fingerprint density at radius 2 is 1.71 bits per heavy atom. The van der Waals surface area contributed by atoms with Crippen molar-refractivity contribution in [3.63, 3.8) is 0 Å². The molecule has 0 bridgehead atoms. The van der Waals surface area contributed by atoms with Crippen molar-refractivity contribution in [2.75, 3.05) is 19.7 Å². The maximum atomic E-state index is 9.89. The van der Waals surface area contributed by atoms with Crippen molar-refractivity contribution in [3.05, 3.63) is 102 Å². The molecule has 2 aliphatic rings. The predicted octanol–water partition coefficient (Wildman–Crippen LogP) is 6.82. The van der Waals surface area contributed by atoms with Gasteiger partial charge in [0.1, 0.15) is 5.75 Å². The van der Waals surface area contributed by atoms with Crippen LogP contribution in [0.25, 0.3) is 11.1 Å². The summed E-state index contributed by atoms with van der Waals surface area (Å²) in [7, 11) is 0. The Labute approximate surface area is 204 Å². The molecule has 1 aliphatic carbocycles. The van der Waals surface area contributed by atoms with Gasteiger partial charge in [-0.3, -0.25) is 0 Å². The molecule has 178 valence electrons. The number of piperidine rings is 1. The number of likely N-dealkylation sites (tertiary alicyclic amines) is 1. The average molecular weight is 456 g/mol. The lowest BCUT2D eigenvalue weighted by molar-refractivity contribution is 0.195. The minimum Gasteiger partial charge on any atom is -0.508 e. The van der Waals surface area contributed by atoms with Crippen LogP contribution >= 0.6 is 0 Å². The zero-order valence-corrected chi connectivity index (χ0v) is 20.3. The van der Waals surface area contributed by atoms with E-state index in [4.69, 9.17) is 0 Å². The van der Waals surface area contributed by atoms with Gasteiger partial charge in [-0.25, -0.2) is 0 Å². The van der Waals surface area contributed by atoms with Gasteiger partial charge in [0.05, 0.1) is 0 Å². The third-order valence-corrected chi connectivity index (χ3v) is 7.27. The second-order valence-electron chi connectivity index (χ2n) is 9.57. The highest BCUT2D eigenvalue weighted by molar-refractivity contribution is 5.99. The number of allylic oxidation sites excluding steroid dienone is 7. The van der Waals surface area contributed by atoms with Crippen LogP contribution in [0.1, 0.15) is 50.2 Å². The Balaban J connectivity index is 1.65. The van der Waals surface area contributed by atoms with E-state index in [1.54, 1.807) is 12.1 Å². The smallest absolute Gasteiger partial charge is 0.115 e. The molecule has 0 aromatic heterocycles. The lowest BCUT2D eigenvalue weighted by Gasteiger charge is -2.37. The summed E-state index contributed by atoms with van der Waals surface area (Å²) in [5.41, 5.74) is 7.13. The monoisotopic (exact) mass is 455 g/mol. The Hall–Kier alpha value is -3.04. The summed E-state index contributed by atoms with van der Waals surface area (Å²) >= 11 is 0. The number of aromatic hydroxyl groups is 1. The van der Waals surface area contributed by atoms with Crippen LogP contribution in [0.3, 0.4) is 0 Å². The van der Waals surface area contributed by atoms with Crippen molar-refractivity contribution in [1.82, 2.24) is 4.90 Å². The zero-order chi connectivity index (χ0) is 23.9. The van der Waals surface area contributed by atoms with E-state index in [0.717, 1.165) is 31.5 Å². The summed E-state index contributed by atoms with van der Waals surface area (Å²) in [5.74, 6) is 1.57. The fourth-order valence-electron chi connectivity index (χ4n) is 5.33. The lowest BCUT2D eigenvalue weighted by atomic mass is 9.77. The van der Waals surface area contributed by atoms with Gasteiger partial charge >= 0.3 is 0 Å². The first kappa shape index (κ1) is 24.1. The van der Waals surface area contributed by atoms with E-state index in [2.05, 4.69) is 60.9 Å². The van der Waals surface area contributed by atoms with Crippen LogP contribution in [0.2, 0.25) is 0 Å². The molecule has 0 radical (unpaired) electrons. The molecule has 3 nitrogen and oxygen atoms in total. The molecule has 1 atom stereocenters. The molecule has 1 aliphatic heterocycles. The van der Waals surface area contributed by atoms with E-state index >= 15 is 0 Å². The van der Waals surface area contributed by atoms with Crippen LogP contribution < -0.4 is 0 Å². The quantitative estimate of drug-likeness (QED) is 0.429. The van der Waals surface area contributed by atoms with E-state index in [-0.39, 0.29) is 12.4 Å². The number of nitrogens with zero attached hydrogens (tertiary/aromatic N) is 1. The Morgan fingerprint density at radius 3 is 2.29 bits per heavy atom. The molecule has 2 N–H and O–H groups in total. The maximum Gasteiger partial charge on any atom is 0.115 e. The van der Waals surface area contributed by atoms with Crippen molar-refractivity contribution in [3.8, 4) is 5.75 Å². The largest absolute Gasteiger partial charge is 0.508 e. The molecule has 1 saturated heterocycles. The van der Waals surface area contributed by atoms with Gasteiger partial charge in [0.25, 0.3) is 0 Å². The number of hydrogen-bond donors (Lipinski definition) is 2. The van der Waals surface area contributed by atoms with Crippen molar-refractivity contribution in [2.24, 2.45) is 11.8 Å². The lowest BCUT2D eigenvalue weighted by Crippen LogP contribution is -2.34. The first-order valence-corrected chi connectivity index (χ1v) is 12.5. The number of phenolic OH excluding ortho intramolecular Hbond substituents is 1. The molecule has 34 heavy (non-hydrogen) atoms. The van der Waals surface area contributed by atoms with Crippen LogP contribution in [0.15, 0.2) is 90.7 Å². The molecule has 0 spiro atoms. The van der Waals surface area contributed by atoms with Crippen LogP contribution in [0.4, 0.5) is 0 Å². The molecule has 2 aromatic carbocycles. The van der Waals surface area contributed by atoms with E-state index in [1.807, 2.05) is 18.2 Å². The van der Waals surface area contributed by atoms with Crippen LogP contribution in [0.5, 0.6) is 5.75 Å². The number of aliphatic hydroxyl groups excluding tert-OH is 1. The number of aliphatic hydroxyl groups is 1. The van der Waals surface area contributed by atoms with Crippen LogP contribution in [-0.4, -0.2) is 34.8 Å². The highest BCUT2D eigenvalue weighted by Crippen LogP contribution is 2.40. The maximum absolute atomic E-state index is 9.89. The topological polar surface area (TPSA) is 43.7 Å². The van der Waals surface area contributed by atoms with Crippen LogP contribution in [0, 0.1) is 11.8 Å². The Morgan fingerprint density at radius 1 is 1.00 bits per heavy atom. The first-order chi connectivity index (χ1) is 16.6. The molecule has 4 rings (SSSR count). The number of rotatable bonds is 8. The minimum atomic E-state index is 0.166. The van der Waals surface area contributed by atoms with E-state index < -0.39 is 0 Å². The van der Waals surface area contributed by atoms with Gasteiger partial charge in [-0.15, -0.1) is 0 Å². The van der Waals surface area contributed by atoms with E-state index in [0.29, 0.717) is 18.3 Å². The van der Waals surface area contributed by atoms with Crippen molar-refractivity contribution >= 4 is 11.1 Å². The average Bonchev–Trinajstić information content (AvgIpc) is 2.88. The zero-order valence-electron chi connectivity index (χ0n) is 20.3. The number of benzene rings is 2. The highest BCUT2D eigenvalue weighted by atomic mass is 16.3. The normalized spacial score (nSPS) is 19.5. The fourth-order valence-corrected chi connectivity index (χ4v) is 5.33. The third-order valence-electron chi connectivity index (χ3n) is 7.27. The Bertz CT molecular complexity index is 1050. The second-order valence-corrected chi connectivity index (χ2v) is 9.57. The molecular formula is C31H37NO2. The van der Waals surface area contributed by atoms with Crippen molar-refractivity contribution in [1.29, 1.82) is 0 Å². The van der Waals surface area contributed by atoms with Crippen LogP contribution in [-0.2, 0) is 0 Å². The Kier molecular flexibility index (Phi) is 8.08. The SMILES string of the molecule is C=C(C)N1CCC(C2C=CC(/C(=C(/CCCO)c3ccccc3)c3ccc(O)cc3)=CC2)CC1. The molecule has 2 aromatic rings. The minimum absolute atomic E-state index is 0.166. The molecular weight excluding hydrogens is 418 g/mol. The van der Waals surface area contributed by atoms with Gasteiger partial charge in [-0.05, 0) is 90.8 Å². The number of hydrogen-bond acceptors (Lipinski definition) is 3.